The van der Waals surface area contributed by atoms with Crippen LogP contribution in [0.3, 0.4) is 0 Å². The molecule has 2 rings (SSSR count). The Kier molecular flexibility index (Phi) is 4.16. The first-order valence-electron chi connectivity index (χ1n) is 6.34. The summed E-state index contributed by atoms with van der Waals surface area (Å²) in [6, 6.07) is 7.03. The van der Waals surface area contributed by atoms with Crippen molar-refractivity contribution in [1.82, 2.24) is 4.90 Å². The van der Waals surface area contributed by atoms with Gasteiger partial charge in [-0.05, 0) is 31.2 Å². The minimum absolute atomic E-state index is 0.00479. The minimum atomic E-state index is -0.124. The van der Waals surface area contributed by atoms with E-state index in [1.54, 1.807) is 24.3 Å². The summed E-state index contributed by atoms with van der Waals surface area (Å²) in [5.41, 5.74) is 1.32. The molecule has 1 aliphatic heterocycles. The first-order chi connectivity index (χ1) is 9.08. The summed E-state index contributed by atoms with van der Waals surface area (Å²) in [4.78, 5) is 25.1. The highest BCUT2D eigenvalue weighted by Crippen LogP contribution is 2.15. The molecule has 0 aromatic heterocycles. The quantitative estimate of drug-likeness (QED) is 0.878. The van der Waals surface area contributed by atoms with Crippen LogP contribution in [0.25, 0.3) is 0 Å². The largest absolute Gasteiger partial charge is 0.377 e. The van der Waals surface area contributed by atoms with Crippen molar-refractivity contribution in [3.8, 4) is 0 Å². The molecule has 0 saturated carbocycles. The Morgan fingerprint density at radius 3 is 2.58 bits per heavy atom. The van der Waals surface area contributed by atoms with Gasteiger partial charge in [0.15, 0.2) is 0 Å². The number of carbonyl (C=O) groups is 2. The summed E-state index contributed by atoms with van der Waals surface area (Å²) >= 11 is 0. The standard InChI is InChI=1S/C14H18N2O3/c1-10-9-19-8-7-16(10)14(18)12-3-5-13(6-4-12)15-11(2)17/h3-6,10H,7-9H2,1-2H3,(H,15,17). The Bertz CT molecular complexity index is 470. The summed E-state index contributed by atoms with van der Waals surface area (Å²) in [5.74, 6) is -0.119. The molecule has 0 spiro atoms. The Hall–Kier alpha value is -1.88. The van der Waals surface area contributed by atoms with Gasteiger partial charge in [-0.1, -0.05) is 0 Å². The molecule has 5 heteroatoms. The summed E-state index contributed by atoms with van der Waals surface area (Å²) in [7, 11) is 0. The van der Waals surface area contributed by atoms with Crippen LogP contribution in [0.15, 0.2) is 24.3 Å². The molecule has 19 heavy (non-hydrogen) atoms. The zero-order valence-corrected chi connectivity index (χ0v) is 11.2. The molecule has 1 heterocycles. The molecule has 0 radical (unpaired) electrons. The maximum absolute atomic E-state index is 12.3. The van der Waals surface area contributed by atoms with Gasteiger partial charge >= 0.3 is 0 Å². The van der Waals surface area contributed by atoms with Gasteiger partial charge in [-0.25, -0.2) is 0 Å². The Morgan fingerprint density at radius 2 is 2.00 bits per heavy atom. The second-order valence-electron chi connectivity index (χ2n) is 4.68. The second-order valence-corrected chi connectivity index (χ2v) is 4.68. The fraction of sp³-hybridized carbons (Fsp3) is 0.429. The molecule has 1 atom stereocenters. The van der Waals surface area contributed by atoms with Crippen LogP contribution in [-0.4, -0.2) is 42.5 Å². The van der Waals surface area contributed by atoms with Gasteiger partial charge in [-0.15, -0.1) is 0 Å². The van der Waals surface area contributed by atoms with E-state index in [0.717, 1.165) is 0 Å². The number of carbonyl (C=O) groups excluding carboxylic acids is 2. The van der Waals surface area contributed by atoms with Crippen molar-refractivity contribution >= 4 is 17.5 Å². The average molecular weight is 262 g/mol. The molecule has 1 aliphatic rings. The van der Waals surface area contributed by atoms with Crippen molar-refractivity contribution in [1.29, 1.82) is 0 Å². The fourth-order valence-corrected chi connectivity index (χ4v) is 2.09. The van der Waals surface area contributed by atoms with Crippen molar-refractivity contribution < 1.29 is 14.3 Å². The van der Waals surface area contributed by atoms with E-state index in [0.29, 0.717) is 31.0 Å². The van der Waals surface area contributed by atoms with Crippen molar-refractivity contribution in [3.05, 3.63) is 29.8 Å². The Balaban J connectivity index is 2.08. The third kappa shape index (κ3) is 3.32. The molecular weight excluding hydrogens is 244 g/mol. The molecule has 1 saturated heterocycles. The highest BCUT2D eigenvalue weighted by Gasteiger charge is 2.24. The molecule has 1 N–H and O–H groups in total. The van der Waals surface area contributed by atoms with E-state index in [4.69, 9.17) is 4.74 Å². The average Bonchev–Trinajstić information content (AvgIpc) is 2.39. The van der Waals surface area contributed by atoms with E-state index < -0.39 is 0 Å². The maximum Gasteiger partial charge on any atom is 0.254 e. The van der Waals surface area contributed by atoms with E-state index >= 15 is 0 Å². The van der Waals surface area contributed by atoms with Crippen LogP contribution in [0.1, 0.15) is 24.2 Å². The van der Waals surface area contributed by atoms with E-state index in [9.17, 15) is 9.59 Å². The zero-order valence-electron chi connectivity index (χ0n) is 11.2. The van der Waals surface area contributed by atoms with Gasteiger partial charge in [0.05, 0.1) is 19.3 Å². The molecule has 0 bridgehead atoms. The number of nitrogens with zero attached hydrogens (tertiary/aromatic N) is 1. The van der Waals surface area contributed by atoms with E-state index in [1.807, 2.05) is 11.8 Å². The van der Waals surface area contributed by atoms with Crippen molar-refractivity contribution in [2.45, 2.75) is 19.9 Å². The van der Waals surface area contributed by atoms with E-state index in [-0.39, 0.29) is 17.9 Å². The lowest BCUT2D eigenvalue weighted by molar-refractivity contribution is -0.114. The van der Waals surface area contributed by atoms with Gasteiger partial charge in [-0.2, -0.15) is 0 Å². The van der Waals surface area contributed by atoms with Crippen LogP contribution in [0, 0.1) is 0 Å². The van der Waals surface area contributed by atoms with Gasteiger partial charge in [0.1, 0.15) is 0 Å². The highest BCUT2D eigenvalue weighted by atomic mass is 16.5. The van der Waals surface area contributed by atoms with Crippen LogP contribution >= 0.6 is 0 Å². The number of rotatable bonds is 2. The lowest BCUT2D eigenvalue weighted by Gasteiger charge is -2.33. The summed E-state index contributed by atoms with van der Waals surface area (Å²) < 4.78 is 5.32. The number of amides is 2. The monoisotopic (exact) mass is 262 g/mol. The van der Waals surface area contributed by atoms with Crippen LogP contribution < -0.4 is 5.32 Å². The van der Waals surface area contributed by atoms with Crippen LogP contribution in [0.4, 0.5) is 5.69 Å². The van der Waals surface area contributed by atoms with Gasteiger partial charge in [0.2, 0.25) is 5.91 Å². The summed E-state index contributed by atoms with van der Waals surface area (Å²) in [5, 5.41) is 2.68. The lowest BCUT2D eigenvalue weighted by atomic mass is 10.1. The normalized spacial score (nSPS) is 19.1. The Morgan fingerprint density at radius 1 is 1.32 bits per heavy atom. The summed E-state index contributed by atoms with van der Waals surface area (Å²) in [6.07, 6.45) is 0. The number of hydrogen-bond acceptors (Lipinski definition) is 3. The molecule has 102 valence electrons. The predicted molar refractivity (Wildman–Crippen MR) is 72.1 cm³/mol. The van der Waals surface area contributed by atoms with E-state index in [2.05, 4.69) is 5.32 Å². The molecule has 1 aromatic carbocycles. The SMILES string of the molecule is CC(=O)Nc1ccc(C(=O)N2CCOCC2C)cc1. The first kappa shape index (κ1) is 13.5. The lowest BCUT2D eigenvalue weighted by Crippen LogP contribution is -2.47. The predicted octanol–water partition coefficient (Wildman–Crippen LogP) is 1.51. The number of benzene rings is 1. The number of anilines is 1. The van der Waals surface area contributed by atoms with Crippen LogP contribution in [0.2, 0.25) is 0 Å². The maximum atomic E-state index is 12.3. The third-order valence-corrected chi connectivity index (χ3v) is 3.08. The van der Waals surface area contributed by atoms with Crippen LogP contribution in [0.5, 0.6) is 0 Å². The van der Waals surface area contributed by atoms with Crippen molar-refractivity contribution in [2.24, 2.45) is 0 Å². The van der Waals surface area contributed by atoms with Gasteiger partial charge in [0.25, 0.3) is 5.91 Å². The van der Waals surface area contributed by atoms with Crippen molar-refractivity contribution in [3.63, 3.8) is 0 Å². The minimum Gasteiger partial charge on any atom is -0.377 e. The number of morpholine rings is 1. The topological polar surface area (TPSA) is 58.6 Å². The second kappa shape index (κ2) is 5.84. The fourth-order valence-electron chi connectivity index (χ4n) is 2.09. The zero-order chi connectivity index (χ0) is 13.8. The smallest absolute Gasteiger partial charge is 0.254 e. The number of nitrogens with one attached hydrogen (secondary N) is 1. The molecule has 1 unspecified atom stereocenters. The van der Waals surface area contributed by atoms with Gasteiger partial charge in [0, 0.05) is 24.7 Å². The van der Waals surface area contributed by atoms with E-state index in [1.165, 1.54) is 6.92 Å². The first-order valence-corrected chi connectivity index (χ1v) is 6.34. The molecule has 2 amide bonds. The molecular formula is C14H18N2O3. The number of hydrogen-bond donors (Lipinski definition) is 1. The third-order valence-electron chi connectivity index (χ3n) is 3.08. The molecule has 1 aromatic rings. The molecule has 1 fully saturated rings. The summed E-state index contributed by atoms with van der Waals surface area (Å²) in [6.45, 7) is 5.21. The number of ether oxygens (including phenoxy) is 1. The highest BCUT2D eigenvalue weighted by molar-refractivity contribution is 5.95. The van der Waals surface area contributed by atoms with Gasteiger partial charge < -0.3 is 15.0 Å². The van der Waals surface area contributed by atoms with Gasteiger partial charge in [-0.3, -0.25) is 9.59 Å². The van der Waals surface area contributed by atoms with Crippen LogP contribution in [-0.2, 0) is 9.53 Å². The molecule has 0 aliphatic carbocycles. The Labute approximate surface area is 112 Å². The van der Waals surface area contributed by atoms with Crippen molar-refractivity contribution in [2.75, 3.05) is 25.1 Å². The molecule has 5 nitrogen and oxygen atoms in total.